The van der Waals surface area contributed by atoms with Crippen LogP contribution in [-0.4, -0.2) is 53.4 Å². The zero-order chi connectivity index (χ0) is 27.3. The first-order valence-corrected chi connectivity index (χ1v) is 12.7. The second-order valence-corrected chi connectivity index (χ2v) is 10.3. The van der Waals surface area contributed by atoms with Gasteiger partial charge in [-0.25, -0.2) is 9.48 Å². The molecule has 0 saturated heterocycles. The van der Waals surface area contributed by atoms with Gasteiger partial charge in [-0.1, -0.05) is 69.3 Å². The fraction of sp³-hybridized carbons (Fsp3) is 0.300. The molecule has 0 aliphatic carbocycles. The number of nitrogens with zero attached hydrogens (tertiary/aromatic N) is 3. The van der Waals surface area contributed by atoms with E-state index in [1.165, 1.54) is 4.90 Å². The second kappa shape index (κ2) is 11.5. The van der Waals surface area contributed by atoms with Crippen molar-refractivity contribution in [3.63, 3.8) is 0 Å². The lowest BCUT2D eigenvalue weighted by atomic mass is 9.92. The molecule has 0 radical (unpaired) electrons. The highest BCUT2D eigenvalue weighted by atomic mass is 16.5. The maximum Gasteiger partial charge on any atom is 0.322 e. The second-order valence-electron chi connectivity index (χ2n) is 10.3. The Morgan fingerprint density at radius 1 is 0.974 bits per heavy atom. The number of aromatic nitrogens is 2. The van der Waals surface area contributed by atoms with Gasteiger partial charge >= 0.3 is 6.03 Å². The first-order chi connectivity index (χ1) is 18.2. The molecule has 38 heavy (non-hydrogen) atoms. The molecule has 3 aromatic carbocycles. The smallest absolute Gasteiger partial charge is 0.322 e. The zero-order valence-electron chi connectivity index (χ0n) is 22.6. The van der Waals surface area contributed by atoms with E-state index in [0.717, 1.165) is 27.7 Å². The number of benzene rings is 3. The minimum absolute atomic E-state index is 0.149. The summed E-state index contributed by atoms with van der Waals surface area (Å²) in [7, 11) is 1.56. The minimum atomic E-state index is -0.379. The Labute approximate surface area is 223 Å². The summed E-state index contributed by atoms with van der Waals surface area (Å²) in [6.45, 7) is 8.64. The topological polar surface area (TPSA) is 88.5 Å². The van der Waals surface area contributed by atoms with Gasteiger partial charge in [0.1, 0.15) is 12.4 Å². The summed E-state index contributed by atoms with van der Waals surface area (Å²) in [5.74, 6) is 0.218. The summed E-state index contributed by atoms with van der Waals surface area (Å²) in [4.78, 5) is 28.0. The van der Waals surface area contributed by atoms with Crippen molar-refractivity contribution < 1.29 is 14.3 Å². The molecule has 3 amide bonds. The number of carbonyl (C=O) groups is 2. The van der Waals surface area contributed by atoms with Gasteiger partial charge in [-0.3, -0.25) is 4.79 Å². The van der Waals surface area contributed by atoms with Gasteiger partial charge in [-0.05, 0) is 36.1 Å². The van der Waals surface area contributed by atoms with Crippen molar-refractivity contribution in [3.8, 4) is 5.69 Å². The van der Waals surface area contributed by atoms with E-state index in [0.29, 0.717) is 18.1 Å². The number of nitrogens with one attached hydrogen (secondary N) is 2. The van der Waals surface area contributed by atoms with E-state index in [-0.39, 0.29) is 30.4 Å². The zero-order valence-corrected chi connectivity index (χ0v) is 22.6. The third kappa shape index (κ3) is 6.39. The van der Waals surface area contributed by atoms with Gasteiger partial charge in [0.05, 0.1) is 23.7 Å². The van der Waals surface area contributed by atoms with Crippen LogP contribution in [0.5, 0.6) is 0 Å². The first-order valence-electron chi connectivity index (χ1n) is 12.7. The van der Waals surface area contributed by atoms with Crippen molar-refractivity contribution in [1.82, 2.24) is 14.7 Å². The van der Waals surface area contributed by atoms with Crippen LogP contribution in [-0.2, 0) is 14.9 Å². The summed E-state index contributed by atoms with van der Waals surface area (Å²) in [5.41, 5.74) is 3.25. The van der Waals surface area contributed by atoms with Gasteiger partial charge in [-0.15, -0.1) is 0 Å². The molecule has 8 nitrogen and oxygen atoms in total. The predicted molar refractivity (Wildman–Crippen MR) is 152 cm³/mol. The number of aryl methyl sites for hydroxylation is 1. The largest absolute Gasteiger partial charge is 0.383 e. The van der Waals surface area contributed by atoms with Gasteiger partial charge in [0, 0.05) is 30.5 Å². The van der Waals surface area contributed by atoms with Crippen LogP contribution in [0.25, 0.3) is 16.5 Å². The average Bonchev–Trinajstić information content (AvgIpc) is 3.31. The van der Waals surface area contributed by atoms with Crippen LogP contribution >= 0.6 is 0 Å². The lowest BCUT2D eigenvalue weighted by molar-refractivity contribution is -0.116. The molecule has 0 atom stereocenters. The van der Waals surface area contributed by atoms with Crippen molar-refractivity contribution in [2.24, 2.45) is 0 Å². The molecule has 0 aliphatic rings. The number of hydrogen-bond donors (Lipinski definition) is 2. The maximum absolute atomic E-state index is 13.3. The molecule has 8 heteroatoms. The van der Waals surface area contributed by atoms with Crippen LogP contribution in [0.15, 0.2) is 72.8 Å². The third-order valence-electron chi connectivity index (χ3n) is 6.21. The molecule has 4 aromatic rings. The Kier molecular flexibility index (Phi) is 8.12. The van der Waals surface area contributed by atoms with Gasteiger partial charge in [0.2, 0.25) is 5.91 Å². The van der Waals surface area contributed by atoms with Crippen LogP contribution in [0.4, 0.5) is 16.3 Å². The molecule has 0 bridgehead atoms. The van der Waals surface area contributed by atoms with Crippen molar-refractivity contribution in [2.45, 2.75) is 33.1 Å². The SMILES string of the molecule is COCCN(CC(=O)Nc1cc(C(C)(C)C)nn1-c1cccc(C)c1)C(=O)Nc1cccc2ccccc12. The molecule has 0 saturated carbocycles. The Hall–Kier alpha value is -4.17. The minimum Gasteiger partial charge on any atom is -0.383 e. The molecule has 0 spiro atoms. The monoisotopic (exact) mass is 513 g/mol. The van der Waals surface area contributed by atoms with Crippen molar-refractivity contribution in [1.29, 1.82) is 0 Å². The van der Waals surface area contributed by atoms with Crippen LogP contribution in [0.1, 0.15) is 32.0 Å². The number of hydrogen-bond acceptors (Lipinski definition) is 4. The fourth-order valence-corrected chi connectivity index (χ4v) is 4.13. The third-order valence-corrected chi connectivity index (χ3v) is 6.21. The van der Waals surface area contributed by atoms with E-state index in [9.17, 15) is 9.59 Å². The Bertz CT molecular complexity index is 1430. The fourth-order valence-electron chi connectivity index (χ4n) is 4.13. The Balaban J connectivity index is 1.55. The van der Waals surface area contributed by atoms with Crippen LogP contribution in [0, 0.1) is 6.92 Å². The van der Waals surface area contributed by atoms with Gasteiger partial charge in [-0.2, -0.15) is 5.10 Å². The number of rotatable bonds is 8. The molecule has 0 fully saturated rings. The van der Waals surface area contributed by atoms with E-state index in [2.05, 4.69) is 31.4 Å². The van der Waals surface area contributed by atoms with Crippen molar-refractivity contribution >= 4 is 34.2 Å². The highest BCUT2D eigenvalue weighted by Gasteiger charge is 2.23. The number of methoxy groups -OCH3 is 1. The molecule has 1 aromatic heterocycles. The normalized spacial score (nSPS) is 11.4. The van der Waals surface area contributed by atoms with E-state index in [4.69, 9.17) is 9.84 Å². The highest BCUT2D eigenvalue weighted by Crippen LogP contribution is 2.27. The van der Waals surface area contributed by atoms with Crippen LogP contribution < -0.4 is 10.6 Å². The number of amides is 3. The Morgan fingerprint density at radius 3 is 2.45 bits per heavy atom. The van der Waals surface area contributed by atoms with Crippen molar-refractivity contribution in [3.05, 3.63) is 84.1 Å². The van der Waals surface area contributed by atoms with Crippen LogP contribution in [0.2, 0.25) is 0 Å². The quantitative estimate of drug-likeness (QED) is 0.314. The molecule has 0 aliphatic heterocycles. The number of urea groups is 1. The van der Waals surface area contributed by atoms with E-state index >= 15 is 0 Å². The summed E-state index contributed by atoms with van der Waals surface area (Å²) in [5, 5.41) is 12.7. The number of ether oxygens (including phenoxy) is 1. The standard InChI is InChI=1S/C30H35N5O3/c1-21-10-8-13-23(18-21)35-27(19-26(33-35)30(2,3)4)32-28(36)20-34(16-17-38-5)29(37)31-25-15-9-12-22-11-6-7-14-24(22)25/h6-15,18-19H,16-17,20H2,1-5H3,(H,31,37)(H,32,36). The molecule has 0 unspecified atom stereocenters. The molecule has 2 N–H and O–H groups in total. The molecule has 1 heterocycles. The summed E-state index contributed by atoms with van der Waals surface area (Å²) in [6.07, 6.45) is 0. The summed E-state index contributed by atoms with van der Waals surface area (Å²) < 4.78 is 6.94. The number of carbonyl (C=O) groups excluding carboxylic acids is 2. The molecular weight excluding hydrogens is 478 g/mol. The lowest BCUT2D eigenvalue weighted by Gasteiger charge is -2.23. The van der Waals surface area contributed by atoms with Gasteiger partial charge < -0.3 is 20.3 Å². The Morgan fingerprint density at radius 2 is 1.71 bits per heavy atom. The van der Waals surface area contributed by atoms with Gasteiger partial charge in [0.15, 0.2) is 0 Å². The predicted octanol–water partition coefficient (Wildman–Crippen LogP) is 5.75. The molecule has 198 valence electrons. The lowest BCUT2D eigenvalue weighted by Crippen LogP contribution is -2.42. The van der Waals surface area contributed by atoms with E-state index in [1.54, 1.807) is 11.8 Å². The first kappa shape index (κ1) is 26.9. The van der Waals surface area contributed by atoms with Gasteiger partial charge in [0.25, 0.3) is 0 Å². The van der Waals surface area contributed by atoms with E-state index < -0.39 is 0 Å². The average molecular weight is 514 g/mol. The molecular formula is C30H35N5O3. The van der Waals surface area contributed by atoms with E-state index in [1.807, 2.05) is 79.7 Å². The summed E-state index contributed by atoms with van der Waals surface area (Å²) >= 11 is 0. The van der Waals surface area contributed by atoms with Crippen LogP contribution in [0.3, 0.4) is 0 Å². The van der Waals surface area contributed by atoms with Crippen molar-refractivity contribution in [2.75, 3.05) is 37.4 Å². The maximum atomic E-state index is 13.3. The summed E-state index contributed by atoms with van der Waals surface area (Å²) in [6, 6.07) is 23.0. The highest BCUT2D eigenvalue weighted by molar-refractivity contribution is 6.03. The number of anilines is 2. The number of fused-ring (bicyclic) bond motifs is 1. The molecule has 4 rings (SSSR count).